The van der Waals surface area contributed by atoms with Crippen LogP contribution in [0.3, 0.4) is 0 Å². The lowest BCUT2D eigenvalue weighted by Crippen LogP contribution is -2.45. The third-order valence-electron chi connectivity index (χ3n) is 3.75. The van der Waals surface area contributed by atoms with E-state index in [0.717, 1.165) is 10.6 Å². The highest BCUT2D eigenvalue weighted by Gasteiger charge is 2.30. The largest absolute Gasteiger partial charge is 0.495 e. The molecule has 0 aliphatic carbocycles. The average molecular weight is 486 g/mol. The fourth-order valence-corrected chi connectivity index (χ4v) is 4.47. The van der Waals surface area contributed by atoms with Gasteiger partial charge in [0, 0.05) is 0 Å². The normalized spacial score (nSPS) is 12.4. The highest BCUT2D eigenvalue weighted by Crippen LogP contribution is 2.34. The van der Waals surface area contributed by atoms with Gasteiger partial charge >= 0.3 is 0 Å². The van der Waals surface area contributed by atoms with Gasteiger partial charge in [0.1, 0.15) is 11.8 Å². The molecule has 1 amide bonds. The molecule has 0 aliphatic rings. The topological polar surface area (TPSA) is 75.7 Å². The molecule has 0 saturated carbocycles. The summed E-state index contributed by atoms with van der Waals surface area (Å²) in [6.45, 7) is 1.43. The monoisotopic (exact) mass is 484 g/mol. The number of anilines is 2. The van der Waals surface area contributed by atoms with Crippen LogP contribution in [0.15, 0.2) is 30.3 Å². The van der Waals surface area contributed by atoms with Gasteiger partial charge in [0.25, 0.3) is 0 Å². The second kappa shape index (κ2) is 8.97. The number of hydrogen-bond donors (Lipinski definition) is 1. The number of nitrogens with one attached hydrogen (secondary N) is 1. The van der Waals surface area contributed by atoms with Gasteiger partial charge in [-0.3, -0.25) is 9.10 Å². The van der Waals surface area contributed by atoms with Gasteiger partial charge in [0.15, 0.2) is 0 Å². The molecule has 6 nitrogen and oxygen atoms in total. The molecular weight excluding hydrogens is 470 g/mol. The summed E-state index contributed by atoms with van der Waals surface area (Å²) in [5.74, 6) is -0.254. The van der Waals surface area contributed by atoms with Crippen molar-refractivity contribution in [2.45, 2.75) is 13.0 Å². The molecule has 0 spiro atoms. The third-order valence-corrected chi connectivity index (χ3v) is 6.32. The van der Waals surface area contributed by atoms with E-state index in [-0.39, 0.29) is 31.5 Å². The minimum absolute atomic E-state index is 0.161. The maximum absolute atomic E-state index is 12.7. The molecule has 2 aromatic carbocycles. The first-order valence-corrected chi connectivity index (χ1v) is 11.1. The molecule has 0 unspecified atom stereocenters. The predicted molar refractivity (Wildman–Crippen MR) is 115 cm³/mol. The van der Waals surface area contributed by atoms with Crippen LogP contribution >= 0.6 is 46.4 Å². The van der Waals surface area contributed by atoms with Crippen LogP contribution in [0, 0.1) is 0 Å². The second-order valence-corrected chi connectivity index (χ2v) is 9.28. The summed E-state index contributed by atoms with van der Waals surface area (Å²) < 4.78 is 30.8. The Morgan fingerprint density at radius 3 is 2.18 bits per heavy atom. The van der Waals surface area contributed by atoms with Crippen LogP contribution in [-0.2, 0) is 14.8 Å². The average Bonchev–Trinajstić information content (AvgIpc) is 2.58. The maximum Gasteiger partial charge on any atom is 0.248 e. The van der Waals surface area contributed by atoms with Crippen LogP contribution in [0.5, 0.6) is 5.75 Å². The Morgan fingerprint density at radius 2 is 1.64 bits per heavy atom. The van der Waals surface area contributed by atoms with Crippen molar-refractivity contribution in [3.8, 4) is 5.75 Å². The van der Waals surface area contributed by atoms with E-state index in [2.05, 4.69) is 5.32 Å². The Bertz CT molecular complexity index is 1010. The number of benzene rings is 2. The van der Waals surface area contributed by atoms with Crippen molar-refractivity contribution < 1.29 is 17.9 Å². The number of nitrogens with zero attached hydrogens (tertiary/aromatic N) is 1. The first-order chi connectivity index (χ1) is 13.0. The van der Waals surface area contributed by atoms with Crippen molar-refractivity contribution in [2.75, 3.05) is 23.0 Å². The van der Waals surface area contributed by atoms with Crippen molar-refractivity contribution in [3.05, 3.63) is 50.4 Å². The summed E-state index contributed by atoms with van der Waals surface area (Å²) >= 11 is 24.0. The fraction of sp³-hybridized carbons (Fsp3) is 0.235. The van der Waals surface area contributed by atoms with Gasteiger partial charge < -0.3 is 10.1 Å². The van der Waals surface area contributed by atoms with Crippen LogP contribution in [0.4, 0.5) is 11.4 Å². The molecule has 28 heavy (non-hydrogen) atoms. The molecule has 2 rings (SSSR count). The van der Waals surface area contributed by atoms with Gasteiger partial charge in [-0.1, -0.05) is 46.4 Å². The van der Waals surface area contributed by atoms with Crippen LogP contribution in [0.1, 0.15) is 6.92 Å². The van der Waals surface area contributed by atoms with E-state index in [1.807, 2.05) is 0 Å². The third kappa shape index (κ3) is 5.15. The van der Waals surface area contributed by atoms with Gasteiger partial charge in [0.05, 0.1) is 44.8 Å². The summed E-state index contributed by atoms with van der Waals surface area (Å²) in [5, 5.41) is 3.34. The molecule has 152 valence electrons. The molecule has 0 bridgehead atoms. The van der Waals surface area contributed by atoms with E-state index in [1.165, 1.54) is 44.4 Å². The lowest BCUT2D eigenvalue weighted by atomic mass is 10.2. The smallest absolute Gasteiger partial charge is 0.248 e. The zero-order chi connectivity index (χ0) is 21.2. The van der Waals surface area contributed by atoms with Gasteiger partial charge in [-0.2, -0.15) is 0 Å². The van der Waals surface area contributed by atoms with Gasteiger partial charge in [-0.15, -0.1) is 0 Å². The number of ether oxygens (including phenoxy) is 1. The molecule has 1 N–H and O–H groups in total. The molecule has 2 aromatic rings. The number of rotatable bonds is 6. The van der Waals surface area contributed by atoms with E-state index in [0.29, 0.717) is 5.75 Å². The summed E-state index contributed by atoms with van der Waals surface area (Å²) in [6, 6.07) is 6.04. The standard InChI is InChI=1S/C17H16Cl4N2O4S/c1-9(17(24)22-15-8-12(19)11(18)7-13(15)20)23(28(3,25)26)10-4-5-16(27-2)14(21)6-10/h4-9H,1-3H3,(H,22,24)/t9-/m0/s1. The van der Waals surface area contributed by atoms with Crippen LogP contribution in [0.2, 0.25) is 20.1 Å². The van der Waals surface area contributed by atoms with Gasteiger partial charge in [-0.25, -0.2) is 8.42 Å². The Balaban J connectivity index is 2.38. The van der Waals surface area contributed by atoms with Crippen molar-refractivity contribution in [3.63, 3.8) is 0 Å². The summed E-state index contributed by atoms with van der Waals surface area (Å²) in [5.41, 5.74) is 0.408. The molecule has 0 aliphatic heterocycles. The first kappa shape index (κ1) is 22.9. The Hall–Kier alpha value is -1.38. The number of carbonyl (C=O) groups excluding carboxylic acids is 1. The van der Waals surface area contributed by atoms with E-state index in [1.54, 1.807) is 0 Å². The zero-order valence-electron chi connectivity index (χ0n) is 15.0. The van der Waals surface area contributed by atoms with Crippen molar-refractivity contribution in [2.24, 2.45) is 0 Å². The molecule has 0 aromatic heterocycles. The molecule has 0 radical (unpaired) electrons. The first-order valence-electron chi connectivity index (χ1n) is 7.74. The molecule has 0 saturated heterocycles. The lowest BCUT2D eigenvalue weighted by molar-refractivity contribution is -0.116. The number of hydrogen-bond acceptors (Lipinski definition) is 4. The summed E-state index contributed by atoms with van der Waals surface area (Å²) in [7, 11) is -2.39. The molecule has 0 fully saturated rings. The molecular formula is C17H16Cl4N2O4S. The predicted octanol–water partition coefficient (Wildman–Crippen LogP) is 5.10. The summed E-state index contributed by atoms with van der Waals surface area (Å²) in [4.78, 5) is 12.7. The number of amides is 1. The number of halogens is 4. The number of methoxy groups -OCH3 is 1. The van der Waals surface area contributed by atoms with Crippen LogP contribution in [-0.4, -0.2) is 33.7 Å². The van der Waals surface area contributed by atoms with E-state index >= 15 is 0 Å². The van der Waals surface area contributed by atoms with Crippen molar-refractivity contribution in [1.29, 1.82) is 0 Å². The van der Waals surface area contributed by atoms with Gasteiger partial charge in [-0.05, 0) is 37.3 Å². The second-order valence-electron chi connectivity index (χ2n) is 5.79. The van der Waals surface area contributed by atoms with Crippen molar-refractivity contribution in [1.82, 2.24) is 0 Å². The number of sulfonamides is 1. The highest BCUT2D eigenvalue weighted by molar-refractivity contribution is 7.92. The van der Waals surface area contributed by atoms with E-state index < -0.39 is 22.0 Å². The Labute approximate surface area is 183 Å². The lowest BCUT2D eigenvalue weighted by Gasteiger charge is -2.28. The summed E-state index contributed by atoms with van der Waals surface area (Å²) in [6.07, 6.45) is 0.987. The minimum atomic E-state index is -3.82. The highest BCUT2D eigenvalue weighted by atomic mass is 35.5. The van der Waals surface area contributed by atoms with Crippen LogP contribution < -0.4 is 14.4 Å². The maximum atomic E-state index is 12.7. The van der Waals surface area contributed by atoms with Crippen LogP contribution in [0.25, 0.3) is 0 Å². The quantitative estimate of drug-likeness (QED) is 0.577. The minimum Gasteiger partial charge on any atom is -0.495 e. The Kier molecular flexibility index (Phi) is 7.33. The van der Waals surface area contributed by atoms with E-state index in [9.17, 15) is 13.2 Å². The Morgan fingerprint density at radius 1 is 1.04 bits per heavy atom. The SMILES string of the molecule is COc1ccc(N([C@@H](C)C(=O)Nc2cc(Cl)c(Cl)cc2Cl)S(C)(=O)=O)cc1Cl. The fourth-order valence-electron chi connectivity index (χ4n) is 2.46. The van der Waals surface area contributed by atoms with Crippen molar-refractivity contribution >= 4 is 73.7 Å². The molecule has 1 atom stereocenters. The van der Waals surface area contributed by atoms with E-state index in [4.69, 9.17) is 51.1 Å². The van der Waals surface area contributed by atoms with Gasteiger partial charge in [0.2, 0.25) is 15.9 Å². The number of carbonyl (C=O) groups is 1. The zero-order valence-corrected chi connectivity index (χ0v) is 18.8. The molecule has 0 heterocycles. The molecule has 11 heteroatoms.